The van der Waals surface area contributed by atoms with Crippen LogP contribution in [0.3, 0.4) is 0 Å². The van der Waals surface area contributed by atoms with Crippen molar-refractivity contribution >= 4 is 0 Å². The van der Waals surface area contributed by atoms with Crippen molar-refractivity contribution in [1.29, 1.82) is 0 Å². The van der Waals surface area contributed by atoms with E-state index in [2.05, 4.69) is 6.92 Å². The summed E-state index contributed by atoms with van der Waals surface area (Å²) in [7, 11) is 0. The fourth-order valence-electron chi connectivity index (χ4n) is 2.35. The molecular formula is C9H16O3. The van der Waals surface area contributed by atoms with E-state index >= 15 is 0 Å². The van der Waals surface area contributed by atoms with Crippen molar-refractivity contribution in [3.05, 3.63) is 0 Å². The molecule has 1 saturated heterocycles. The molecule has 3 heteroatoms. The summed E-state index contributed by atoms with van der Waals surface area (Å²) >= 11 is 0. The lowest BCUT2D eigenvalue weighted by Crippen LogP contribution is -2.35. The number of rotatable bonds is 1. The Hall–Kier alpha value is -0.120. The second kappa shape index (κ2) is 2.98. The van der Waals surface area contributed by atoms with Crippen LogP contribution in [0.25, 0.3) is 0 Å². The van der Waals surface area contributed by atoms with Gasteiger partial charge in [0.25, 0.3) is 0 Å². The first-order chi connectivity index (χ1) is 5.78. The molecule has 1 N–H and O–H groups in total. The summed E-state index contributed by atoms with van der Waals surface area (Å²) in [5.74, 6) is 0.362. The third kappa shape index (κ3) is 1.08. The highest BCUT2D eigenvalue weighted by atomic mass is 16.7. The number of hydrogen-bond acceptors (Lipinski definition) is 3. The van der Waals surface area contributed by atoms with Gasteiger partial charge in [-0.25, -0.2) is 0 Å². The van der Waals surface area contributed by atoms with Gasteiger partial charge in [-0.05, 0) is 12.3 Å². The normalized spacial score (nSPS) is 39.5. The van der Waals surface area contributed by atoms with E-state index < -0.39 is 0 Å². The van der Waals surface area contributed by atoms with E-state index in [1.807, 2.05) is 0 Å². The van der Waals surface area contributed by atoms with Gasteiger partial charge in [0.2, 0.25) is 0 Å². The van der Waals surface area contributed by atoms with Crippen molar-refractivity contribution in [2.24, 2.45) is 11.8 Å². The average Bonchev–Trinajstić information content (AvgIpc) is 2.65. The summed E-state index contributed by atoms with van der Waals surface area (Å²) < 4.78 is 11.2. The van der Waals surface area contributed by atoms with Gasteiger partial charge >= 0.3 is 0 Å². The smallest absolute Gasteiger partial charge is 0.171 e. The molecule has 3 nitrogen and oxygen atoms in total. The van der Waals surface area contributed by atoms with E-state index in [1.165, 1.54) is 0 Å². The minimum atomic E-state index is -0.340. The van der Waals surface area contributed by atoms with Gasteiger partial charge in [-0.3, -0.25) is 0 Å². The SMILES string of the molecule is C[C@@H]1[C@@H](CO)CCC12OCCO2. The summed E-state index contributed by atoms with van der Waals surface area (Å²) in [6, 6.07) is 0. The zero-order valence-corrected chi connectivity index (χ0v) is 7.45. The predicted molar refractivity (Wildman–Crippen MR) is 43.6 cm³/mol. The molecule has 0 amide bonds. The van der Waals surface area contributed by atoms with Crippen LogP contribution in [0.2, 0.25) is 0 Å². The Kier molecular flexibility index (Phi) is 2.10. The van der Waals surface area contributed by atoms with E-state index in [-0.39, 0.29) is 12.4 Å². The summed E-state index contributed by atoms with van der Waals surface area (Å²) in [5, 5.41) is 9.07. The number of ether oxygens (including phenoxy) is 2. The molecule has 0 radical (unpaired) electrons. The molecule has 2 fully saturated rings. The standard InChI is InChI=1S/C9H16O3/c1-7-8(6-10)2-3-9(7)11-4-5-12-9/h7-8,10H,2-6H2,1H3/t7-,8-/m1/s1. The Morgan fingerprint density at radius 2 is 2.08 bits per heavy atom. The van der Waals surface area contributed by atoms with E-state index in [1.54, 1.807) is 0 Å². The second-order valence-corrected chi connectivity index (χ2v) is 3.78. The third-order valence-electron chi connectivity index (χ3n) is 3.28. The van der Waals surface area contributed by atoms with E-state index in [4.69, 9.17) is 14.6 Å². The minimum absolute atomic E-state index is 0.260. The third-order valence-corrected chi connectivity index (χ3v) is 3.28. The van der Waals surface area contributed by atoms with E-state index in [0.717, 1.165) is 12.8 Å². The van der Waals surface area contributed by atoms with Gasteiger partial charge in [-0.15, -0.1) is 0 Å². The summed E-state index contributed by atoms with van der Waals surface area (Å²) in [5.41, 5.74) is 0. The molecule has 1 saturated carbocycles. The molecule has 2 aliphatic rings. The van der Waals surface area contributed by atoms with E-state index in [9.17, 15) is 0 Å². The highest BCUT2D eigenvalue weighted by Crippen LogP contribution is 2.45. The Labute approximate surface area is 72.7 Å². The molecule has 0 aromatic carbocycles. The van der Waals surface area contributed by atoms with Crippen molar-refractivity contribution in [1.82, 2.24) is 0 Å². The zero-order chi connectivity index (χ0) is 8.60. The summed E-state index contributed by atoms with van der Waals surface area (Å²) in [6.07, 6.45) is 1.97. The zero-order valence-electron chi connectivity index (χ0n) is 7.45. The fraction of sp³-hybridized carbons (Fsp3) is 1.00. The topological polar surface area (TPSA) is 38.7 Å². The molecule has 1 heterocycles. The Balaban J connectivity index is 2.08. The largest absolute Gasteiger partial charge is 0.396 e. The van der Waals surface area contributed by atoms with Crippen LogP contribution in [0, 0.1) is 11.8 Å². The highest BCUT2D eigenvalue weighted by Gasteiger charge is 2.49. The van der Waals surface area contributed by atoms with Crippen molar-refractivity contribution in [3.8, 4) is 0 Å². The maximum atomic E-state index is 9.07. The number of hydrogen-bond donors (Lipinski definition) is 1. The van der Waals surface area contributed by atoms with Crippen molar-refractivity contribution in [2.45, 2.75) is 25.6 Å². The second-order valence-electron chi connectivity index (χ2n) is 3.78. The average molecular weight is 172 g/mol. The van der Waals surface area contributed by atoms with Gasteiger partial charge in [0, 0.05) is 18.9 Å². The molecule has 0 unspecified atom stereocenters. The predicted octanol–water partition coefficient (Wildman–Crippen LogP) is 0.768. The minimum Gasteiger partial charge on any atom is -0.396 e. The van der Waals surface area contributed by atoms with Crippen molar-refractivity contribution < 1.29 is 14.6 Å². The molecule has 70 valence electrons. The van der Waals surface area contributed by atoms with Gasteiger partial charge in [0.1, 0.15) is 0 Å². The van der Waals surface area contributed by atoms with Crippen LogP contribution in [0.15, 0.2) is 0 Å². The van der Waals surface area contributed by atoms with Gasteiger partial charge in [-0.1, -0.05) is 6.92 Å². The van der Waals surface area contributed by atoms with E-state index in [0.29, 0.717) is 25.0 Å². The Bertz CT molecular complexity index is 163. The monoisotopic (exact) mass is 172 g/mol. The lowest BCUT2D eigenvalue weighted by molar-refractivity contribution is -0.183. The first-order valence-electron chi connectivity index (χ1n) is 4.67. The van der Waals surface area contributed by atoms with Gasteiger partial charge < -0.3 is 14.6 Å². The Morgan fingerprint density at radius 3 is 2.58 bits per heavy atom. The molecule has 2 rings (SSSR count). The van der Waals surface area contributed by atoms with Crippen LogP contribution >= 0.6 is 0 Å². The van der Waals surface area contributed by atoms with Gasteiger partial charge in [-0.2, -0.15) is 0 Å². The van der Waals surface area contributed by atoms with Crippen molar-refractivity contribution in [2.75, 3.05) is 19.8 Å². The lowest BCUT2D eigenvalue weighted by atomic mass is 9.96. The molecule has 2 atom stereocenters. The first kappa shape index (κ1) is 8.48. The Morgan fingerprint density at radius 1 is 1.42 bits per heavy atom. The van der Waals surface area contributed by atoms with Gasteiger partial charge in [0.15, 0.2) is 5.79 Å². The molecule has 12 heavy (non-hydrogen) atoms. The summed E-state index contributed by atoms with van der Waals surface area (Å²) in [6.45, 7) is 3.79. The quantitative estimate of drug-likeness (QED) is 0.635. The maximum absolute atomic E-state index is 9.07. The fourth-order valence-corrected chi connectivity index (χ4v) is 2.35. The number of aliphatic hydroxyl groups is 1. The summed E-state index contributed by atoms with van der Waals surface area (Å²) in [4.78, 5) is 0. The van der Waals surface area contributed by atoms with Crippen LogP contribution in [0.5, 0.6) is 0 Å². The van der Waals surface area contributed by atoms with Crippen LogP contribution in [0.1, 0.15) is 19.8 Å². The van der Waals surface area contributed by atoms with Crippen molar-refractivity contribution in [3.63, 3.8) is 0 Å². The van der Waals surface area contributed by atoms with Crippen LogP contribution in [-0.4, -0.2) is 30.7 Å². The molecular weight excluding hydrogens is 156 g/mol. The number of aliphatic hydroxyl groups excluding tert-OH is 1. The molecule has 0 aromatic rings. The molecule has 1 aliphatic heterocycles. The molecule has 0 bridgehead atoms. The van der Waals surface area contributed by atoms with Crippen LogP contribution in [-0.2, 0) is 9.47 Å². The maximum Gasteiger partial charge on any atom is 0.171 e. The van der Waals surface area contributed by atoms with Crippen LogP contribution in [0.4, 0.5) is 0 Å². The lowest BCUT2D eigenvalue weighted by Gasteiger charge is -2.28. The molecule has 1 spiro atoms. The molecule has 1 aliphatic carbocycles. The first-order valence-corrected chi connectivity index (χ1v) is 4.67. The van der Waals surface area contributed by atoms with Gasteiger partial charge in [0.05, 0.1) is 13.2 Å². The highest BCUT2D eigenvalue weighted by molar-refractivity contribution is 4.91. The molecule has 0 aromatic heterocycles. The van der Waals surface area contributed by atoms with Crippen LogP contribution < -0.4 is 0 Å².